The number of fused-ring (bicyclic) bond motifs is 1. The van der Waals surface area contributed by atoms with E-state index in [0.717, 1.165) is 24.8 Å². The van der Waals surface area contributed by atoms with Crippen LogP contribution in [0.1, 0.15) is 44.8 Å². The smallest absolute Gasteiger partial charge is 0.294 e. The Balaban J connectivity index is 1.61. The number of aromatic amines is 1. The highest BCUT2D eigenvalue weighted by molar-refractivity contribution is 6.48. The molecule has 4 rings (SSSR count). The van der Waals surface area contributed by atoms with Crippen molar-refractivity contribution in [2.45, 2.75) is 26.2 Å². The lowest BCUT2D eigenvalue weighted by molar-refractivity contribution is -0.124. The molecule has 2 aromatic carbocycles. The topological polar surface area (TPSA) is 82.7 Å². The Morgan fingerprint density at radius 1 is 1.14 bits per heavy atom. The predicted octanol–water partition coefficient (Wildman–Crippen LogP) is 4.64. The number of Topliss-reactive ketones (excluding diaryl/α,β-unsaturated/α-hetero) is 1. The molecule has 0 unspecified atom stereocenters. The van der Waals surface area contributed by atoms with Crippen LogP contribution in [0, 0.1) is 18.7 Å². The molecule has 0 bridgehead atoms. The third-order valence-electron chi connectivity index (χ3n) is 6.78. The highest BCUT2D eigenvalue weighted by Gasteiger charge is 2.32. The number of piperidine rings is 1. The molecule has 1 fully saturated rings. The van der Waals surface area contributed by atoms with E-state index in [2.05, 4.69) is 4.98 Å². The quantitative estimate of drug-likeness (QED) is 0.384. The fourth-order valence-corrected chi connectivity index (χ4v) is 5.20. The largest absolute Gasteiger partial charge is 0.496 e. The summed E-state index contributed by atoms with van der Waals surface area (Å²) in [5.74, 6) is -1.23. The Labute approximate surface area is 214 Å². The van der Waals surface area contributed by atoms with E-state index in [1.807, 2.05) is 0 Å². The Hall–Kier alpha value is -3.39. The molecule has 0 atom stereocenters. The molecule has 1 aliphatic heterocycles. The van der Waals surface area contributed by atoms with Gasteiger partial charge in [0, 0.05) is 44.3 Å². The number of aromatic nitrogens is 1. The number of H-pyrrole nitrogens is 1. The van der Waals surface area contributed by atoms with Crippen LogP contribution >= 0.6 is 11.6 Å². The number of benzene rings is 2. The van der Waals surface area contributed by atoms with Crippen molar-refractivity contribution in [1.29, 1.82) is 0 Å². The first-order valence-corrected chi connectivity index (χ1v) is 12.2. The van der Waals surface area contributed by atoms with Crippen LogP contribution in [0.2, 0.25) is 5.02 Å². The normalized spacial score (nSPS) is 14.2. The van der Waals surface area contributed by atoms with Gasteiger partial charge in [-0.25, -0.2) is 4.39 Å². The van der Waals surface area contributed by atoms with Gasteiger partial charge in [-0.3, -0.25) is 14.4 Å². The maximum absolute atomic E-state index is 13.6. The average molecular weight is 514 g/mol. The van der Waals surface area contributed by atoms with Crippen molar-refractivity contribution in [3.63, 3.8) is 0 Å². The van der Waals surface area contributed by atoms with Gasteiger partial charge in [0.2, 0.25) is 0 Å². The molecule has 1 saturated heterocycles. The molecule has 0 aliphatic carbocycles. The van der Waals surface area contributed by atoms with E-state index in [0.29, 0.717) is 41.4 Å². The van der Waals surface area contributed by atoms with E-state index < -0.39 is 11.7 Å². The number of carbonyl (C=O) groups excluding carboxylic acids is 3. The number of hydrogen-bond donors (Lipinski definition) is 1. The maximum Gasteiger partial charge on any atom is 0.294 e. The molecule has 0 radical (unpaired) electrons. The van der Waals surface area contributed by atoms with E-state index in [1.54, 1.807) is 30.0 Å². The number of ketones is 1. The maximum atomic E-state index is 13.6. The molecule has 1 N–H and O–H groups in total. The zero-order valence-electron chi connectivity index (χ0n) is 20.8. The fourth-order valence-electron chi connectivity index (χ4n) is 4.83. The third kappa shape index (κ3) is 4.82. The summed E-state index contributed by atoms with van der Waals surface area (Å²) in [6.07, 6.45) is 2.43. The van der Waals surface area contributed by atoms with Gasteiger partial charge in [-0.05, 0) is 49.8 Å². The van der Waals surface area contributed by atoms with Crippen molar-refractivity contribution in [3.05, 3.63) is 63.6 Å². The number of halogens is 2. The minimum atomic E-state index is -0.698. The van der Waals surface area contributed by atoms with Gasteiger partial charge in [0.15, 0.2) is 0 Å². The highest BCUT2D eigenvalue weighted by atomic mass is 35.5. The lowest BCUT2D eigenvalue weighted by Crippen LogP contribution is -2.39. The van der Waals surface area contributed by atoms with Gasteiger partial charge >= 0.3 is 0 Å². The summed E-state index contributed by atoms with van der Waals surface area (Å²) in [5.41, 5.74) is 2.40. The molecule has 36 heavy (non-hydrogen) atoms. The Bertz CT molecular complexity index is 1330. The number of methoxy groups -OCH3 is 1. The molecule has 9 heteroatoms. The second-order valence-electron chi connectivity index (χ2n) is 9.41. The molecule has 3 aromatic rings. The first-order chi connectivity index (χ1) is 17.1. The molecular formula is C27H29ClFN3O4. The number of nitrogens with one attached hydrogen (secondary N) is 1. The van der Waals surface area contributed by atoms with Crippen molar-refractivity contribution in [1.82, 2.24) is 14.8 Å². The standard InChI is InChI=1S/C27H29ClFN3O4/c1-15-21(25(33)27(35)31(2)3)22-19(30-15)14-20(36-4)23(24(22)28)26(34)32-11-9-17(10-12-32)13-16-5-7-18(29)8-6-16/h5-8,14,17,30H,9-13H2,1-4H3. The van der Waals surface area contributed by atoms with Gasteiger partial charge in [0.05, 0.1) is 23.2 Å². The highest BCUT2D eigenvalue weighted by Crippen LogP contribution is 2.39. The second kappa shape index (κ2) is 10.3. The molecule has 1 aromatic heterocycles. The minimum Gasteiger partial charge on any atom is -0.496 e. The van der Waals surface area contributed by atoms with Gasteiger partial charge in [0.1, 0.15) is 17.1 Å². The molecule has 7 nitrogen and oxygen atoms in total. The summed E-state index contributed by atoms with van der Waals surface area (Å²) in [5, 5.41) is 0.423. The number of rotatable bonds is 6. The predicted molar refractivity (Wildman–Crippen MR) is 136 cm³/mol. The van der Waals surface area contributed by atoms with Crippen molar-refractivity contribution in [2.75, 3.05) is 34.3 Å². The molecule has 0 spiro atoms. The van der Waals surface area contributed by atoms with Crippen LogP contribution in [0.3, 0.4) is 0 Å². The van der Waals surface area contributed by atoms with Crippen molar-refractivity contribution >= 4 is 40.1 Å². The van der Waals surface area contributed by atoms with Crippen LogP contribution in [0.5, 0.6) is 5.75 Å². The van der Waals surface area contributed by atoms with Crippen LogP contribution in [0.15, 0.2) is 30.3 Å². The van der Waals surface area contributed by atoms with Gasteiger partial charge in [-0.2, -0.15) is 0 Å². The summed E-state index contributed by atoms with van der Waals surface area (Å²) in [6.45, 7) is 2.77. The van der Waals surface area contributed by atoms with E-state index >= 15 is 0 Å². The number of amides is 2. The second-order valence-corrected chi connectivity index (χ2v) is 9.79. The van der Waals surface area contributed by atoms with Gasteiger partial charge in [-0.1, -0.05) is 23.7 Å². The van der Waals surface area contributed by atoms with E-state index in [9.17, 15) is 18.8 Å². The van der Waals surface area contributed by atoms with Crippen molar-refractivity contribution < 1.29 is 23.5 Å². The zero-order chi connectivity index (χ0) is 26.1. The van der Waals surface area contributed by atoms with Crippen LogP contribution in [-0.2, 0) is 11.2 Å². The summed E-state index contributed by atoms with van der Waals surface area (Å²) >= 11 is 6.78. The van der Waals surface area contributed by atoms with Gasteiger partial charge in [0.25, 0.3) is 17.6 Å². The van der Waals surface area contributed by atoms with Crippen molar-refractivity contribution in [3.8, 4) is 5.75 Å². The van der Waals surface area contributed by atoms with Crippen LogP contribution in [0.4, 0.5) is 4.39 Å². The fraction of sp³-hybridized carbons (Fsp3) is 0.370. The molecule has 190 valence electrons. The van der Waals surface area contributed by atoms with E-state index in [-0.39, 0.29) is 27.9 Å². The third-order valence-corrected chi connectivity index (χ3v) is 7.16. The SMILES string of the molecule is COc1cc2[nH]c(C)c(C(=O)C(=O)N(C)C)c2c(Cl)c1C(=O)N1CCC(Cc2ccc(F)cc2)CC1. The monoisotopic (exact) mass is 513 g/mol. The van der Waals surface area contributed by atoms with Crippen LogP contribution in [-0.4, -0.2) is 66.7 Å². The summed E-state index contributed by atoms with van der Waals surface area (Å²) in [6, 6.07) is 8.16. The number of carbonyl (C=O) groups is 3. The Morgan fingerprint density at radius 2 is 1.78 bits per heavy atom. The number of likely N-dealkylation sites (N-methyl/N-ethyl adjacent to an activating group) is 1. The first kappa shape index (κ1) is 25.7. The summed E-state index contributed by atoms with van der Waals surface area (Å²) < 4.78 is 18.7. The lowest BCUT2D eigenvalue weighted by Gasteiger charge is -2.32. The number of nitrogens with zero attached hydrogens (tertiary/aromatic N) is 2. The van der Waals surface area contributed by atoms with Crippen LogP contribution < -0.4 is 4.74 Å². The number of ether oxygens (including phenoxy) is 1. The number of likely N-dealkylation sites (tertiary alicyclic amines) is 1. The van der Waals surface area contributed by atoms with Crippen LogP contribution in [0.25, 0.3) is 10.9 Å². The number of hydrogen-bond acceptors (Lipinski definition) is 4. The lowest BCUT2D eigenvalue weighted by atomic mass is 9.90. The molecule has 2 heterocycles. The molecular weight excluding hydrogens is 485 g/mol. The van der Waals surface area contributed by atoms with E-state index in [1.165, 1.54) is 38.2 Å². The Morgan fingerprint density at radius 3 is 2.36 bits per heavy atom. The zero-order valence-corrected chi connectivity index (χ0v) is 21.5. The number of aryl methyl sites for hydroxylation is 1. The average Bonchev–Trinajstić information content (AvgIpc) is 3.20. The van der Waals surface area contributed by atoms with Crippen molar-refractivity contribution in [2.24, 2.45) is 5.92 Å². The molecule has 1 aliphatic rings. The molecule has 0 saturated carbocycles. The van der Waals surface area contributed by atoms with Gasteiger partial charge in [-0.15, -0.1) is 0 Å². The Kier molecular flexibility index (Phi) is 7.36. The summed E-state index contributed by atoms with van der Waals surface area (Å²) in [7, 11) is 4.47. The van der Waals surface area contributed by atoms with Gasteiger partial charge < -0.3 is 19.5 Å². The first-order valence-electron chi connectivity index (χ1n) is 11.8. The van der Waals surface area contributed by atoms with E-state index in [4.69, 9.17) is 16.3 Å². The molecule has 2 amide bonds. The summed E-state index contributed by atoms with van der Waals surface area (Å²) in [4.78, 5) is 45.0. The minimum absolute atomic E-state index is 0.0852.